The van der Waals surface area contributed by atoms with E-state index in [1.807, 2.05) is 20.8 Å². The zero-order valence-corrected chi connectivity index (χ0v) is 7.96. The molecule has 0 aliphatic heterocycles. The molecule has 0 saturated carbocycles. The fourth-order valence-electron chi connectivity index (χ4n) is 0.306. The van der Waals surface area contributed by atoms with Crippen LogP contribution in [0.2, 0.25) is 0 Å². The molecule has 0 aliphatic carbocycles. The van der Waals surface area contributed by atoms with Crippen LogP contribution in [0.3, 0.4) is 0 Å². The standard InChI is InChI=1S/C7H17NO.ClH/c1-6(2,3)7(4,9)5-8;/h9H,5,8H2,1-4H3;1H. The normalized spacial score (nSPS) is 17.4. The van der Waals surface area contributed by atoms with Gasteiger partial charge >= 0.3 is 0 Å². The van der Waals surface area contributed by atoms with Gasteiger partial charge in [-0.25, -0.2) is 0 Å². The Morgan fingerprint density at radius 2 is 1.50 bits per heavy atom. The van der Waals surface area contributed by atoms with Crippen molar-refractivity contribution >= 4 is 12.4 Å². The van der Waals surface area contributed by atoms with Crippen LogP contribution in [-0.2, 0) is 0 Å². The first kappa shape index (κ1) is 12.8. The largest absolute Gasteiger partial charge is 0.388 e. The summed E-state index contributed by atoms with van der Waals surface area (Å²) in [5.74, 6) is 0. The van der Waals surface area contributed by atoms with Gasteiger partial charge < -0.3 is 10.8 Å². The van der Waals surface area contributed by atoms with Crippen molar-refractivity contribution in [3.05, 3.63) is 0 Å². The summed E-state index contributed by atoms with van der Waals surface area (Å²) in [6.45, 7) is 7.99. The van der Waals surface area contributed by atoms with Crippen molar-refractivity contribution in [1.29, 1.82) is 0 Å². The number of halogens is 1. The molecule has 0 heterocycles. The van der Waals surface area contributed by atoms with Crippen LogP contribution < -0.4 is 5.73 Å². The summed E-state index contributed by atoms with van der Waals surface area (Å²) in [7, 11) is 0. The second-order valence-electron chi connectivity index (χ2n) is 3.73. The summed E-state index contributed by atoms with van der Waals surface area (Å²) in [6.07, 6.45) is 0. The molecule has 2 nitrogen and oxygen atoms in total. The molecule has 0 fully saturated rings. The highest BCUT2D eigenvalue weighted by atomic mass is 35.5. The number of hydrogen-bond acceptors (Lipinski definition) is 2. The van der Waals surface area contributed by atoms with Gasteiger partial charge in [0.2, 0.25) is 0 Å². The van der Waals surface area contributed by atoms with Crippen LogP contribution in [0.15, 0.2) is 0 Å². The first-order valence-corrected chi connectivity index (χ1v) is 3.24. The molecule has 0 saturated heterocycles. The molecule has 0 bridgehead atoms. The molecule has 3 heteroatoms. The predicted octanol–water partition coefficient (Wildman–Crippen LogP) is 1.16. The van der Waals surface area contributed by atoms with Gasteiger partial charge in [-0.15, -0.1) is 12.4 Å². The van der Waals surface area contributed by atoms with E-state index in [0.717, 1.165) is 0 Å². The van der Waals surface area contributed by atoms with Crippen LogP contribution in [-0.4, -0.2) is 17.3 Å². The van der Waals surface area contributed by atoms with Crippen LogP contribution in [0, 0.1) is 5.41 Å². The fourth-order valence-corrected chi connectivity index (χ4v) is 0.306. The summed E-state index contributed by atoms with van der Waals surface area (Å²) in [5, 5.41) is 9.53. The number of rotatable bonds is 1. The maximum Gasteiger partial charge on any atom is 0.0789 e. The Bertz CT molecular complexity index is 96.3. The average molecular weight is 168 g/mol. The molecule has 3 N–H and O–H groups in total. The van der Waals surface area contributed by atoms with Gasteiger partial charge in [-0.05, 0) is 12.3 Å². The third-order valence-electron chi connectivity index (χ3n) is 2.01. The van der Waals surface area contributed by atoms with E-state index in [2.05, 4.69) is 0 Å². The van der Waals surface area contributed by atoms with Crippen molar-refractivity contribution in [2.45, 2.75) is 33.3 Å². The van der Waals surface area contributed by atoms with Crippen molar-refractivity contribution in [3.8, 4) is 0 Å². The Morgan fingerprint density at radius 3 is 1.50 bits per heavy atom. The Hall–Kier alpha value is 0.210. The molecule has 1 atom stereocenters. The summed E-state index contributed by atoms with van der Waals surface area (Å²) in [6, 6.07) is 0. The van der Waals surface area contributed by atoms with Crippen LogP contribution >= 0.6 is 12.4 Å². The van der Waals surface area contributed by atoms with Gasteiger partial charge in [0.15, 0.2) is 0 Å². The Labute approximate surface area is 69.2 Å². The van der Waals surface area contributed by atoms with Crippen LogP contribution in [0.4, 0.5) is 0 Å². The first-order chi connectivity index (χ1) is 3.81. The van der Waals surface area contributed by atoms with E-state index in [1.165, 1.54) is 0 Å². The van der Waals surface area contributed by atoms with E-state index in [-0.39, 0.29) is 17.8 Å². The number of aliphatic hydroxyl groups is 1. The summed E-state index contributed by atoms with van der Waals surface area (Å²) in [4.78, 5) is 0. The fraction of sp³-hybridized carbons (Fsp3) is 1.00. The van der Waals surface area contributed by atoms with E-state index in [4.69, 9.17) is 5.73 Å². The zero-order chi connectivity index (χ0) is 7.71. The molecule has 0 rings (SSSR count). The molecule has 0 aromatic carbocycles. The summed E-state index contributed by atoms with van der Waals surface area (Å²) >= 11 is 0. The van der Waals surface area contributed by atoms with E-state index in [0.29, 0.717) is 6.54 Å². The van der Waals surface area contributed by atoms with Crippen LogP contribution in [0.5, 0.6) is 0 Å². The van der Waals surface area contributed by atoms with Gasteiger partial charge in [-0.3, -0.25) is 0 Å². The van der Waals surface area contributed by atoms with Gasteiger partial charge in [0.1, 0.15) is 0 Å². The van der Waals surface area contributed by atoms with Gasteiger partial charge in [0.25, 0.3) is 0 Å². The third-order valence-corrected chi connectivity index (χ3v) is 2.01. The lowest BCUT2D eigenvalue weighted by Crippen LogP contribution is -2.46. The molecule has 0 radical (unpaired) electrons. The highest BCUT2D eigenvalue weighted by Gasteiger charge is 2.33. The van der Waals surface area contributed by atoms with Crippen molar-refractivity contribution in [2.75, 3.05) is 6.54 Å². The van der Waals surface area contributed by atoms with E-state index < -0.39 is 5.60 Å². The monoisotopic (exact) mass is 167 g/mol. The molecule has 10 heavy (non-hydrogen) atoms. The molecule has 0 aliphatic rings. The van der Waals surface area contributed by atoms with Crippen molar-refractivity contribution in [3.63, 3.8) is 0 Å². The Kier molecular flexibility index (Phi) is 4.57. The van der Waals surface area contributed by atoms with Crippen LogP contribution in [0.1, 0.15) is 27.7 Å². The molecular weight excluding hydrogens is 150 g/mol. The number of nitrogens with two attached hydrogens (primary N) is 1. The summed E-state index contributed by atoms with van der Waals surface area (Å²) < 4.78 is 0. The van der Waals surface area contributed by atoms with Gasteiger partial charge in [0, 0.05) is 6.54 Å². The molecule has 1 unspecified atom stereocenters. The third kappa shape index (κ3) is 2.86. The van der Waals surface area contributed by atoms with Gasteiger partial charge in [-0.1, -0.05) is 20.8 Å². The predicted molar refractivity (Wildman–Crippen MR) is 46.4 cm³/mol. The van der Waals surface area contributed by atoms with E-state index >= 15 is 0 Å². The quantitative estimate of drug-likeness (QED) is 0.616. The molecule has 0 aromatic heterocycles. The zero-order valence-electron chi connectivity index (χ0n) is 7.14. The lowest BCUT2D eigenvalue weighted by Gasteiger charge is -2.35. The lowest BCUT2D eigenvalue weighted by atomic mass is 9.78. The summed E-state index contributed by atoms with van der Waals surface area (Å²) in [5.41, 5.74) is 4.48. The van der Waals surface area contributed by atoms with Crippen molar-refractivity contribution < 1.29 is 5.11 Å². The van der Waals surface area contributed by atoms with Crippen molar-refractivity contribution in [2.24, 2.45) is 11.1 Å². The number of hydrogen-bond donors (Lipinski definition) is 2. The lowest BCUT2D eigenvalue weighted by molar-refractivity contribution is -0.0326. The SMILES string of the molecule is CC(C)(C)C(C)(O)CN.Cl. The first-order valence-electron chi connectivity index (χ1n) is 3.24. The maximum atomic E-state index is 9.53. The minimum absolute atomic E-state index is 0. The highest BCUT2D eigenvalue weighted by Crippen LogP contribution is 2.28. The van der Waals surface area contributed by atoms with Crippen LogP contribution in [0.25, 0.3) is 0 Å². The second-order valence-corrected chi connectivity index (χ2v) is 3.73. The van der Waals surface area contributed by atoms with Crippen molar-refractivity contribution in [1.82, 2.24) is 0 Å². The molecular formula is C7H18ClNO. The van der Waals surface area contributed by atoms with Gasteiger partial charge in [0.05, 0.1) is 5.60 Å². The minimum atomic E-state index is -0.743. The average Bonchev–Trinajstić information content (AvgIpc) is 1.64. The molecule has 0 amide bonds. The highest BCUT2D eigenvalue weighted by molar-refractivity contribution is 5.85. The van der Waals surface area contributed by atoms with E-state index in [1.54, 1.807) is 6.92 Å². The molecule has 0 spiro atoms. The Balaban J connectivity index is 0. The second kappa shape index (κ2) is 3.56. The van der Waals surface area contributed by atoms with Gasteiger partial charge in [-0.2, -0.15) is 0 Å². The topological polar surface area (TPSA) is 46.2 Å². The Morgan fingerprint density at radius 1 is 1.20 bits per heavy atom. The molecule has 0 aromatic rings. The maximum absolute atomic E-state index is 9.53. The minimum Gasteiger partial charge on any atom is -0.388 e. The van der Waals surface area contributed by atoms with E-state index in [9.17, 15) is 5.11 Å². The molecule has 64 valence electrons. The smallest absolute Gasteiger partial charge is 0.0789 e.